The van der Waals surface area contributed by atoms with Crippen LogP contribution in [0.3, 0.4) is 0 Å². The zero-order valence-electron chi connectivity index (χ0n) is 14.9. The fourth-order valence-corrected chi connectivity index (χ4v) is 3.52. The zero-order valence-corrected chi connectivity index (χ0v) is 16.4. The normalized spacial score (nSPS) is 11.9. The molecule has 1 aromatic heterocycles. The van der Waals surface area contributed by atoms with E-state index in [-0.39, 0.29) is 0 Å². The Morgan fingerprint density at radius 2 is 2.00 bits per heavy atom. The van der Waals surface area contributed by atoms with Crippen molar-refractivity contribution in [3.8, 4) is 11.4 Å². The van der Waals surface area contributed by atoms with Gasteiger partial charge < -0.3 is 9.64 Å². The van der Waals surface area contributed by atoms with Crippen LogP contribution in [0.4, 0.5) is 0 Å². The summed E-state index contributed by atoms with van der Waals surface area (Å²) in [5.74, 6) is 0.828. The molecular formula is C18H17Cl2N5O2. The third kappa shape index (κ3) is 3.61. The minimum atomic E-state index is -0.664. The first-order valence-corrected chi connectivity index (χ1v) is 8.78. The number of tetrazole rings is 1. The standard InChI is InChI=1S/C18H17Cl2N5O2/c1-11-6-4-5-7-15(11)25-18(21-22-23-25)16(24(2)10-26)13-8-12(19)9-14(20)17(13)27-3/h4-10,16H,1-3H3. The van der Waals surface area contributed by atoms with E-state index in [1.54, 1.807) is 23.9 Å². The number of ether oxygens (including phenoxy) is 1. The number of amides is 1. The highest BCUT2D eigenvalue weighted by Gasteiger charge is 2.30. The molecule has 9 heteroatoms. The number of rotatable bonds is 6. The number of benzene rings is 2. The smallest absolute Gasteiger partial charge is 0.210 e. The Kier molecular flexibility index (Phi) is 5.62. The first-order valence-electron chi connectivity index (χ1n) is 8.02. The second-order valence-electron chi connectivity index (χ2n) is 5.92. The second-order valence-corrected chi connectivity index (χ2v) is 6.76. The molecular weight excluding hydrogens is 389 g/mol. The van der Waals surface area contributed by atoms with Crippen LogP contribution in [-0.2, 0) is 4.79 Å². The molecule has 0 saturated carbocycles. The summed E-state index contributed by atoms with van der Waals surface area (Å²) < 4.78 is 7.05. The van der Waals surface area contributed by atoms with Crippen molar-refractivity contribution >= 4 is 29.6 Å². The molecule has 0 fully saturated rings. The third-order valence-corrected chi connectivity index (χ3v) is 4.69. The van der Waals surface area contributed by atoms with Crippen molar-refractivity contribution in [1.82, 2.24) is 25.1 Å². The fourth-order valence-electron chi connectivity index (χ4n) is 2.94. The van der Waals surface area contributed by atoms with Gasteiger partial charge in [-0.3, -0.25) is 4.79 Å². The van der Waals surface area contributed by atoms with Crippen LogP contribution in [0.25, 0.3) is 5.69 Å². The summed E-state index contributed by atoms with van der Waals surface area (Å²) in [6.07, 6.45) is 0.690. The topological polar surface area (TPSA) is 73.1 Å². The van der Waals surface area contributed by atoms with E-state index in [0.717, 1.165) is 11.3 Å². The first kappa shape index (κ1) is 19.1. The van der Waals surface area contributed by atoms with Crippen LogP contribution in [0.2, 0.25) is 10.0 Å². The summed E-state index contributed by atoms with van der Waals surface area (Å²) in [4.78, 5) is 13.1. The Morgan fingerprint density at radius 1 is 1.26 bits per heavy atom. The molecule has 1 amide bonds. The van der Waals surface area contributed by atoms with Gasteiger partial charge in [0.15, 0.2) is 5.82 Å². The minimum Gasteiger partial charge on any atom is -0.495 e. The van der Waals surface area contributed by atoms with Gasteiger partial charge in [0.25, 0.3) is 0 Å². The van der Waals surface area contributed by atoms with Gasteiger partial charge in [0.1, 0.15) is 11.8 Å². The van der Waals surface area contributed by atoms with E-state index in [1.807, 2.05) is 31.2 Å². The number of hydrogen-bond acceptors (Lipinski definition) is 5. The molecule has 140 valence electrons. The number of halogens is 2. The first-order chi connectivity index (χ1) is 13.0. The summed E-state index contributed by atoms with van der Waals surface area (Å²) in [6.45, 7) is 1.95. The molecule has 0 bridgehead atoms. The highest BCUT2D eigenvalue weighted by molar-refractivity contribution is 6.35. The Hall–Kier alpha value is -2.64. The van der Waals surface area contributed by atoms with Gasteiger partial charge in [0, 0.05) is 17.6 Å². The lowest BCUT2D eigenvalue weighted by molar-refractivity contribution is -0.118. The van der Waals surface area contributed by atoms with Crippen molar-refractivity contribution in [2.45, 2.75) is 13.0 Å². The van der Waals surface area contributed by atoms with E-state index in [4.69, 9.17) is 27.9 Å². The Labute approximate surface area is 166 Å². The molecule has 0 aliphatic rings. The van der Waals surface area contributed by atoms with E-state index >= 15 is 0 Å². The van der Waals surface area contributed by atoms with E-state index in [2.05, 4.69) is 15.5 Å². The summed E-state index contributed by atoms with van der Waals surface area (Å²) in [7, 11) is 3.13. The van der Waals surface area contributed by atoms with E-state index in [0.29, 0.717) is 33.6 Å². The van der Waals surface area contributed by atoms with Crippen LogP contribution >= 0.6 is 23.2 Å². The number of carbonyl (C=O) groups excluding carboxylic acids is 1. The molecule has 2 aromatic carbocycles. The molecule has 1 unspecified atom stereocenters. The zero-order chi connectivity index (χ0) is 19.6. The quantitative estimate of drug-likeness (QED) is 0.587. The van der Waals surface area contributed by atoms with Crippen molar-refractivity contribution in [3.63, 3.8) is 0 Å². The Bertz CT molecular complexity index is 976. The fraction of sp³-hybridized carbons (Fsp3) is 0.222. The van der Waals surface area contributed by atoms with Crippen molar-refractivity contribution < 1.29 is 9.53 Å². The largest absolute Gasteiger partial charge is 0.495 e. The number of nitrogens with zero attached hydrogens (tertiary/aromatic N) is 5. The van der Waals surface area contributed by atoms with Gasteiger partial charge in [-0.1, -0.05) is 41.4 Å². The van der Waals surface area contributed by atoms with Crippen LogP contribution in [0.5, 0.6) is 5.75 Å². The summed E-state index contributed by atoms with van der Waals surface area (Å²) >= 11 is 12.5. The lowest BCUT2D eigenvalue weighted by Gasteiger charge is -2.26. The van der Waals surface area contributed by atoms with Gasteiger partial charge in [0.05, 0.1) is 17.8 Å². The average molecular weight is 406 g/mol. The summed E-state index contributed by atoms with van der Waals surface area (Å²) in [5.41, 5.74) is 2.36. The van der Waals surface area contributed by atoms with Gasteiger partial charge in [-0.2, -0.15) is 4.68 Å². The maximum Gasteiger partial charge on any atom is 0.210 e. The molecule has 0 aliphatic heterocycles. The van der Waals surface area contributed by atoms with Crippen molar-refractivity contribution in [2.75, 3.05) is 14.2 Å². The Morgan fingerprint density at radius 3 is 2.67 bits per heavy atom. The highest BCUT2D eigenvalue weighted by atomic mass is 35.5. The molecule has 0 spiro atoms. The van der Waals surface area contributed by atoms with Gasteiger partial charge >= 0.3 is 0 Å². The van der Waals surface area contributed by atoms with Crippen LogP contribution in [0, 0.1) is 6.92 Å². The Balaban J connectivity index is 2.25. The second kappa shape index (κ2) is 7.94. The van der Waals surface area contributed by atoms with Crippen molar-refractivity contribution in [2.24, 2.45) is 0 Å². The number of aromatic nitrogens is 4. The molecule has 3 aromatic rings. The number of methoxy groups -OCH3 is 1. The maximum atomic E-state index is 11.6. The highest BCUT2D eigenvalue weighted by Crippen LogP contribution is 2.39. The lowest BCUT2D eigenvalue weighted by atomic mass is 10.0. The molecule has 0 radical (unpaired) electrons. The molecule has 0 N–H and O–H groups in total. The maximum absolute atomic E-state index is 11.6. The van der Waals surface area contributed by atoms with Crippen molar-refractivity contribution in [1.29, 1.82) is 0 Å². The average Bonchev–Trinajstić information content (AvgIpc) is 3.11. The third-order valence-electron chi connectivity index (χ3n) is 4.19. The number of carbonyl (C=O) groups is 1. The van der Waals surface area contributed by atoms with Crippen LogP contribution in [0.15, 0.2) is 36.4 Å². The SMILES string of the molecule is COc1c(Cl)cc(Cl)cc1C(c1nnnn1-c1ccccc1C)N(C)C=O. The van der Waals surface area contributed by atoms with Gasteiger partial charge in [0.2, 0.25) is 6.41 Å². The lowest BCUT2D eigenvalue weighted by Crippen LogP contribution is -2.27. The number of aryl methyl sites for hydroxylation is 1. The predicted molar refractivity (Wildman–Crippen MR) is 103 cm³/mol. The summed E-state index contributed by atoms with van der Waals surface area (Å²) in [5, 5.41) is 12.9. The molecule has 3 rings (SSSR count). The van der Waals surface area contributed by atoms with Gasteiger partial charge in [-0.15, -0.1) is 5.10 Å². The van der Waals surface area contributed by atoms with Gasteiger partial charge in [-0.25, -0.2) is 0 Å². The number of hydrogen-bond donors (Lipinski definition) is 0. The monoisotopic (exact) mass is 405 g/mol. The molecule has 7 nitrogen and oxygen atoms in total. The molecule has 27 heavy (non-hydrogen) atoms. The van der Waals surface area contributed by atoms with Crippen LogP contribution < -0.4 is 4.74 Å². The summed E-state index contributed by atoms with van der Waals surface area (Å²) in [6, 6.07) is 10.3. The van der Waals surface area contributed by atoms with E-state index in [1.165, 1.54) is 12.0 Å². The minimum absolute atomic E-state index is 0.333. The van der Waals surface area contributed by atoms with Gasteiger partial charge in [-0.05, 0) is 41.1 Å². The number of para-hydroxylation sites is 1. The molecule has 0 saturated heterocycles. The van der Waals surface area contributed by atoms with Crippen molar-refractivity contribution in [3.05, 3.63) is 63.4 Å². The molecule has 0 aliphatic carbocycles. The predicted octanol–water partition coefficient (Wildman–Crippen LogP) is 3.46. The molecule has 1 heterocycles. The van der Waals surface area contributed by atoms with Crippen LogP contribution in [-0.4, -0.2) is 45.7 Å². The van der Waals surface area contributed by atoms with E-state index < -0.39 is 6.04 Å². The van der Waals surface area contributed by atoms with E-state index in [9.17, 15) is 4.79 Å². The van der Waals surface area contributed by atoms with Crippen LogP contribution in [0.1, 0.15) is 23.0 Å². The molecule has 1 atom stereocenters.